The van der Waals surface area contributed by atoms with Gasteiger partial charge < -0.3 is 15.0 Å². The zero-order valence-electron chi connectivity index (χ0n) is 21.3. The Labute approximate surface area is 218 Å². The highest BCUT2D eigenvalue weighted by atomic mass is 32.2. The van der Waals surface area contributed by atoms with Gasteiger partial charge in [0.25, 0.3) is 10.0 Å². The van der Waals surface area contributed by atoms with Crippen molar-refractivity contribution >= 4 is 27.5 Å². The predicted molar refractivity (Wildman–Crippen MR) is 144 cm³/mol. The van der Waals surface area contributed by atoms with E-state index in [1.54, 1.807) is 49.4 Å². The van der Waals surface area contributed by atoms with Crippen LogP contribution in [0.1, 0.15) is 25.8 Å². The Hall–Kier alpha value is -3.85. The number of nitrogens with zero attached hydrogens (tertiary/aromatic N) is 2. The van der Waals surface area contributed by atoms with E-state index in [4.69, 9.17) is 4.74 Å². The molecular weight excluding hydrogens is 490 g/mol. The summed E-state index contributed by atoms with van der Waals surface area (Å²) in [5.41, 5.74) is 1.17. The number of hydrogen-bond acceptors (Lipinski definition) is 5. The van der Waals surface area contributed by atoms with Crippen LogP contribution in [0, 0.1) is 0 Å². The fourth-order valence-electron chi connectivity index (χ4n) is 3.76. The van der Waals surface area contributed by atoms with Crippen LogP contribution in [0.4, 0.5) is 5.69 Å². The van der Waals surface area contributed by atoms with Crippen LogP contribution < -0.4 is 14.4 Å². The molecule has 3 aromatic carbocycles. The van der Waals surface area contributed by atoms with Gasteiger partial charge in [-0.3, -0.25) is 13.9 Å². The molecule has 0 fully saturated rings. The molecule has 0 heterocycles. The number of anilines is 1. The third kappa shape index (κ3) is 7.10. The number of ether oxygens (including phenoxy) is 1. The molecule has 0 saturated carbocycles. The third-order valence-corrected chi connectivity index (χ3v) is 7.67. The van der Waals surface area contributed by atoms with Crippen LogP contribution in [0.5, 0.6) is 5.75 Å². The van der Waals surface area contributed by atoms with Crippen molar-refractivity contribution in [1.29, 1.82) is 0 Å². The number of carbonyl (C=O) groups is 2. The lowest BCUT2D eigenvalue weighted by Gasteiger charge is -2.32. The largest absolute Gasteiger partial charge is 0.497 e. The lowest BCUT2D eigenvalue weighted by atomic mass is 10.1. The van der Waals surface area contributed by atoms with Crippen LogP contribution in [0.2, 0.25) is 0 Å². The van der Waals surface area contributed by atoms with Crippen molar-refractivity contribution in [2.24, 2.45) is 0 Å². The highest BCUT2D eigenvalue weighted by molar-refractivity contribution is 7.92. The van der Waals surface area contributed by atoms with Crippen molar-refractivity contribution in [2.75, 3.05) is 24.5 Å². The molecule has 0 spiro atoms. The molecule has 1 N–H and O–H groups in total. The summed E-state index contributed by atoms with van der Waals surface area (Å²) < 4.78 is 33.7. The first-order valence-electron chi connectivity index (χ1n) is 12.1. The van der Waals surface area contributed by atoms with Gasteiger partial charge in [-0.1, -0.05) is 55.5 Å². The van der Waals surface area contributed by atoms with Crippen LogP contribution in [0.3, 0.4) is 0 Å². The molecule has 0 aromatic heterocycles. The number of benzene rings is 3. The van der Waals surface area contributed by atoms with Crippen LogP contribution in [0.15, 0.2) is 89.8 Å². The summed E-state index contributed by atoms with van der Waals surface area (Å²) in [6.45, 7) is 3.76. The molecular formula is C28H33N3O5S. The Kier molecular flexibility index (Phi) is 9.68. The van der Waals surface area contributed by atoms with E-state index in [9.17, 15) is 18.0 Å². The number of sulfonamides is 1. The molecule has 8 nitrogen and oxygen atoms in total. The SMILES string of the molecule is CCCNC(=O)[C@H](C)N(Cc1ccccc1)C(=O)CN(c1ccccc1)S(=O)(=O)c1ccc(OC)cc1. The number of hydrogen-bond donors (Lipinski definition) is 1. The van der Waals surface area contributed by atoms with Crippen LogP contribution in [0.25, 0.3) is 0 Å². The van der Waals surface area contributed by atoms with Gasteiger partial charge in [0.05, 0.1) is 17.7 Å². The minimum absolute atomic E-state index is 0.0216. The van der Waals surface area contributed by atoms with E-state index >= 15 is 0 Å². The Balaban J connectivity index is 1.97. The molecule has 0 aliphatic rings. The number of amides is 2. The van der Waals surface area contributed by atoms with Gasteiger partial charge >= 0.3 is 0 Å². The smallest absolute Gasteiger partial charge is 0.264 e. The van der Waals surface area contributed by atoms with E-state index < -0.39 is 28.5 Å². The first kappa shape index (κ1) is 27.7. The van der Waals surface area contributed by atoms with Crippen molar-refractivity contribution in [3.05, 3.63) is 90.5 Å². The number of carbonyl (C=O) groups excluding carboxylic acids is 2. The minimum Gasteiger partial charge on any atom is -0.497 e. The average Bonchev–Trinajstić information content (AvgIpc) is 2.93. The quantitative estimate of drug-likeness (QED) is 0.389. The average molecular weight is 524 g/mol. The van der Waals surface area contributed by atoms with Crippen molar-refractivity contribution in [2.45, 2.75) is 37.8 Å². The first-order valence-corrected chi connectivity index (χ1v) is 13.5. The number of rotatable bonds is 12. The molecule has 196 valence electrons. The fraction of sp³-hybridized carbons (Fsp3) is 0.286. The molecule has 0 saturated heterocycles. The highest BCUT2D eigenvalue weighted by Gasteiger charge is 2.32. The predicted octanol–water partition coefficient (Wildman–Crippen LogP) is 3.83. The van der Waals surface area contributed by atoms with E-state index in [2.05, 4.69) is 5.32 Å². The molecule has 3 rings (SSSR count). The van der Waals surface area contributed by atoms with Crippen LogP contribution >= 0.6 is 0 Å². The van der Waals surface area contributed by atoms with Gasteiger partial charge in [0.2, 0.25) is 11.8 Å². The van der Waals surface area contributed by atoms with Crippen LogP contribution in [-0.4, -0.2) is 51.4 Å². The molecule has 9 heteroatoms. The van der Waals surface area contributed by atoms with Gasteiger partial charge in [0, 0.05) is 13.1 Å². The number of nitrogens with one attached hydrogen (secondary N) is 1. The van der Waals surface area contributed by atoms with E-state index in [1.165, 1.54) is 24.1 Å². The van der Waals surface area contributed by atoms with Crippen LogP contribution in [-0.2, 0) is 26.2 Å². The molecule has 37 heavy (non-hydrogen) atoms. The molecule has 1 atom stereocenters. The second kappa shape index (κ2) is 12.9. The summed E-state index contributed by atoms with van der Waals surface area (Å²) in [6, 6.07) is 22.9. The number of methoxy groups -OCH3 is 1. The van der Waals surface area contributed by atoms with Gasteiger partial charge in [0.15, 0.2) is 0 Å². The third-order valence-electron chi connectivity index (χ3n) is 5.88. The first-order chi connectivity index (χ1) is 17.8. The van der Waals surface area contributed by atoms with Gasteiger partial charge in [-0.2, -0.15) is 0 Å². The van der Waals surface area contributed by atoms with Crippen molar-refractivity contribution < 1.29 is 22.7 Å². The van der Waals surface area contributed by atoms with E-state index in [1.807, 2.05) is 37.3 Å². The van der Waals surface area contributed by atoms with Crippen molar-refractivity contribution in [1.82, 2.24) is 10.2 Å². The van der Waals surface area contributed by atoms with Gasteiger partial charge in [-0.25, -0.2) is 8.42 Å². The Morgan fingerprint density at radius 2 is 1.51 bits per heavy atom. The lowest BCUT2D eigenvalue weighted by molar-refractivity contribution is -0.139. The molecule has 0 aliphatic carbocycles. The van der Waals surface area contributed by atoms with Crippen molar-refractivity contribution in [3.8, 4) is 5.75 Å². The van der Waals surface area contributed by atoms with Crippen molar-refractivity contribution in [3.63, 3.8) is 0 Å². The zero-order chi connectivity index (χ0) is 26.8. The summed E-state index contributed by atoms with van der Waals surface area (Å²) in [6.07, 6.45) is 0.757. The summed E-state index contributed by atoms with van der Waals surface area (Å²) in [7, 11) is -2.61. The second-order valence-corrected chi connectivity index (χ2v) is 10.4. The van der Waals surface area contributed by atoms with E-state index in [-0.39, 0.29) is 17.3 Å². The minimum atomic E-state index is -4.11. The summed E-state index contributed by atoms with van der Waals surface area (Å²) in [5, 5.41) is 2.83. The lowest BCUT2D eigenvalue weighted by Crippen LogP contribution is -2.51. The molecule has 2 amide bonds. The maximum Gasteiger partial charge on any atom is 0.264 e. The maximum absolute atomic E-state index is 13.7. The zero-order valence-corrected chi connectivity index (χ0v) is 22.1. The Morgan fingerprint density at radius 3 is 2.08 bits per heavy atom. The summed E-state index contributed by atoms with van der Waals surface area (Å²) in [5.74, 6) is -0.276. The molecule has 0 radical (unpaired) electrons. The second-order valence-electron chi connectivity index (χ2n) is 8.50. The monoisotopic (exact) mass is 523 g/mol. The molecule has 0 bridgehead atoms. The Morgan fingerprint density at radius 1 is 0.919 bits per heavy atom. The fourth-order valence-corrected chi connectivity index (χ4v) is 5.17. The van der Waals surface area contributed by atoms with Gasteiger partial charge in [-0.15, -0.1) is 0 Å². The summed E-state index contributed by atoms with van der Waals surface area (Å²) >= 11 is 0. The van der Waals surface area contributed by atoms with Gasteiger partial charge in [0.1, 0.15) is 18.3 Å². The van der Waals surface area contributed by atoms with E-state index in [0.717, 1.165) is 16.3 Å². The standard InChI is InChI=1S/C28H33N3O5S/c1-4-19-29-28(33)22(2)30(20-23-11-7-5-8-12-23)27(32)21-31(24-13-9-6-10-14-24)37(34,35)26-17-15-25(36-3)16-18-26/h5-18,22H,4,19-21H2,1-3H3,(H,29,33)/t22-/m0/s1. The number of para-hydroxylation sites is 1. The Bertz CT molecular complexity index is 1270. The van der Waals surface area contributed by atoms with E-state index in [0.29, 0.717) is 18.0 Å². The maximum atomic E-state index is 13.7. The molecule has 0 aliphatic heterocycles. The van der Waals surface area contributed by atoms with Gasteiger partial charge in [-0.05, 0) is 55.3 Å². The molecule has 0 unspecified atom stereocenters. The highest BCUT2D eigenvalue weighted by Crippen LogP contribution is 2.25. The summed E-state index contributed by atoms with van der Waals surface area (Å²) in [4.78, 5) is 28.0. The normalized spacial score (nSPS) is 11.9. The molecule has 3 aromatic rings. The topological polar surface area (TPSA) is 96.0 Å².